The molecule has 0 atom stereocenters. The Morgan fingerprint density at radius 2 is 1.95 bits per heavy atom. The molecule has 19 heavy (non-hydrogen) atoms. The topological polar surface area (TPSA) is 66.3 Å². The molecule has 0 spiro atoms. The second-order valence-electron chi connectivity index (χ2n) is 4.48. The monoisotopic (exact) mass is 275 g/mol. The van der Waals surface area contributed by atoms with Gasteiger partial charge in [-0.05, 0) is 25.0 Å². The number of likely N-dealkylation sites (tertiary alicyclic amines) is 1. The van der Waals surface area contributed by atoms with Gasteiger partial charge in [0.15, 0.2) is 5.69 Å². The summed E-state index contributed by atoms with van der Waals surface area (Å²) in [5.41, 5.74) is 1.37. The molecular formula is C13H13N3O2S. The van der Waals surface area contributed by atoms with Gasteiger partial charge in [-0.25, -0.2) is 0 Å². The van der Waals surface area contributed by atoms with E-state index >= 15 is 0 Å². The number of aromatic nitrogens is 2. The molecule has 2 heterocycles. The summed E-state index contributed by atoms with van der Waals surface area (Å²) in [6.07, 6.45) is 2.07. The number of para-hydroxylation sites is 1. The van der Waals surface area contributed by atoms with E-state index in [1.54, 1.807) is 29.2 Å². The van der Waals surface area contributed by atoms with Gasteiger partial charge in [0.1, 0.15) is 11.4 Å². The molecule has 1 aromatic heterocycles. The summed E-state index contributed by atoms with van der Waals surface area (Å²) in [5.74, 6) is 0.0233. The number of phenolic OH excluding ortho intramolecular Hbond substituents is 1. The molecule has 0 aliphatic carbocycles. The second-order valence-corrected chi connectivity index (χ2v) is 5.01. The molecule has 0 radical (unpaired) electrons. The Morgan fingerprint density at radius 3 is 2.68 bits per heavy atom. The van der Waals surface area contributed by atoms with Crippen molar-refractivity contribution in [1.82, 2.24) is 13.6 Å². The lowest BCUT2D eigenvalue weighted by atomic mass is 10.1. The van der Waals surface area contributed by atoms with Crippen LogP contribution in [0.2, 0.25) is 0 Å². The highest BCUT2D eigenvalue weighted by Gasteiger charge is 2.26. The van der Waals surface area contributed by atoms with Crippen LogP contribution in [0, 0.1) is 0 Å². The summed E-state index contributed by atoms with van der Waals surface area (Å²) in [4.78, 5) is 14.2. The average Bonchev–Trinajstić information content (AvgIpc) is 3.10. The van der Waals surface area contributed by atoms with Gasteiger partial charge in [0, 0.05) is 18.7 Å². The maximum absolute atomic E-state index is 12.4. The van der Waals surface area contributed by atoms with Crippen molar-refractivity contribution in [1.29, 1.82) is 0 Å². The van der Waals surface area contributed by atoms with Crippen LogP contribution in [-0.2, 0) is 0 Å². The molecule has 0 unspecified atom stereocenters. The summed E-state index contributed by atoms with van der Waals surface area (Å²) in [6, 6.07) is 6.87. The van der Waals surface area contributed by atoms with Crippen molar-refractivity contribution in [2.24, 2.45) is 0 Å². The molecule has 2 aromatic rings. The zero-order valence-corrected chi connectivity index (χ0v) is 11.1. The Kier molecular flexibility index (Phi) is 3.16. The molecule has 0 saturated carbocycles. The minimum atomic E-state index is -0.0931. The van der Waals surface area contributed by atoms with E-state index in [0.29, 0.717) is 17.0 Å². The third-order valence-corrected chi connectivity index (χ3v) is 3.77. The number of aromatic hydroxyl groups is 1. The molecule has 1 fully saturated rings. The van der Waals surface area contributed by atoms with Gasteiger partial charge >= 0.3 is 0 Å². The van der Waals surface area contributed by atoms with Gasteiger partial charge in [0.2, 0.25) is 0 Å². The summed E-state index contributed by atoms with van der Waals surface area (Å²) in [5, 5.41) is 9.87. The van der Waals surface area contributed by atoms with Gasteiger partial charge in [-0.3, -0.25) is 4.79 Å². The first kappa shape index (κ1) is 12.1. The minimum Gasteiger partial charge on any atom is -0.507 e. The number of benzene rings is 1. The predicted molar refractivity (Wildman–Crippen MR) is 72.1 cm³/mol. The van der Waals surface area contributed by atoms with Crippen molar-refractivity contribution < 1.29 is 9.90 Å². The van der Waals surface area contributed by atoms with Crippen LogP contribution in [0.15, 0.2) is 24.3 Å². The molecule has 1 saturated heterocycles. The Labute approximate surface area is 114 Å². The lowest BCUT2D eigenvalue weighted by Gasteiger charge is -2.14. The summed E-state index contributed by atoms with van der Waals surface area (Å²) in [6.45, 7) is 1.55. The van der Waals surface area contributed by atoms with Gasteiger partial charge in [-0.2, -0.15) is 8.75 Å². The lowest BCUT2D eigenvalue weighted by Crippen LogP contribution is -2.28. The first-order valence-electron chi connectivity index (χ1n) is 6.17. The smallest absolute Gasteiger partial charge is 0.275 e. The first-order chi connectivity index (χ1) is 9.27. The van der Waals surface area contributed by atoms with Crippen LogP contribution in [0.25, 0.3) is 11.3 Å². The van der Waals surface area contributed by atoms with Crippen molar-refractivity contribution in [3.05, 3.63) is 30.0 Å². The minimum absolute atomic E-state index is 0.0931. The lowest BCUT2D eigenvalue weighted by molar-refractivity contribution is 0.0789. The van der Waals surface area contributed by atoms with Crippen LogP contribution < -0.4 is 0 Å². The fourth-order valence-corrected chi connectivity index (χ4v) is 2.80. The normalized spacial score (nSPS) is 14.8. The van der Waals surface area contributed by atoms with Gasteiger partial charge in [-0.1, -0.05) is 12.1 Å². The van der Waals surface area contributed by atoms with Gasteiger partial charge in [0.25, 0.3) is 5.91 Å². The maximum Gasteiger partial charge on any atom is 0.275 e. The summed E-state index contributed by atoms with van der Waals surface area (Å²) in [7, 11) is 0. The Bertz CT molecular complexity index is 605. The number of amides is 1. The molecule has 98 valence electrons. The van der Waals surface area contributed by atoms with Crippen molar-refractivity contribution in [3.8, 4) is 17.0 Å². The molecule has 1 aliphatic heterocycles. The van der Waals surface area contributed by atoms with Crippen molar-refractivity contribution in [3.63, 3.8) is 0 Å². The SMILES string of the molecule is O=C(c1nsnc1-c1ccccc1O)N1CCCC1. The molecule has 1 amide bonds. The van der Waals surface area contributed by atoms with Gasteiger partial charge in [-0.15, -0.1) is 0 Å². The van der Waals surface area contributed by atoms with Crippen molar-refractivity contribution in [2.45, 2.75) is 12.8 Å². The van der Waals surface area contributed by atoms with Crippen LogP contribution in [0.1, 0.15) is 23.3 Å². The quantitative estimate of drug-likeness (QED) is 0.912. The highest BCUT2D eigenvalue weighted by molar-refractivity contribution is 6.99. The zero-order chi connectivity index (χ0) is 13.2. The number of phenols is 1. The van der Waals surface area contributed by atoms with Crippen LogP contribution in [-0.4, -0.2) is 37.8 Å². The number of hydrogen-bond acceptors (Lipinski definition) is 5. The number of carbonyl (C=O) groups is 1. The molecular weight excluding hydrogens is 262 g/mol. The third kappa shape index (κ3) is 2.19. The van der Waals surface area contributed by atoms with E-state index < -0.39 is 0 Å². The van der Waals surface area contributed by atoms with Crippen molar-refractivity contribution in [2.75, 3.05) is 13.1 Å². The van der Waals surface area contributed by atoms with Crippen LogP contribution in [0.5, 0.6) is 5.75 Å². The van der Waals surface area contributed by atoms with E-state index in [9.17, 15) is 9.90 Å². The van der Waals surface area contributed by atoms with E-state index in [1.807, 2.05) is 0 Å². The summed E-state index contributed by atoms with van der Waals surface area (Å²) < 4.78 is 8.27. The van der Waals surface area contributed by atoms with E-state index in [0.717, 1.165) is 37.7 Å². The fraction of sp³-hybridized carbons (Fsp3) is 0.308. The zero-order valence-electron chi connectivity index (χ0n) is 10.2. The van der Waals surface area contributed by atoms with Gasteiger partial charge < -0.3 is 10.0 Å². The standard InChI is InChI=1S/C13H13N3O2S/c17-10-6-2-1-5-9(10)11-12(15-19-14-11)13(18)16-7-3-4-8-16/h1-2,5-6,17H,3-4,7-8H2. The summed E-state index contributed by atoms with van der Waals surface area (Å²) >= 11 is 0.998. The van der Waals surface area contributed by atoms with Crippen molar-refractivity contribution >= 4 is 17.6 Å². The van der Waals surface area contributed by atoms with E-state index in [1.165, 1.54) is 0 Å². The van der Waals surface area contributed by atoms with E-state index in [4.69, 9.17) is 0 Å². The van der Waals surface area contributed by atoms with Crippen LogP contribution in [0.3, 0.4) is 0 Å². The molecule has 1 aromatic carbocycles. The largest absolute Gasteiger partial charge is 0.507 e. The third-order valence-electron chi connectivity index (χ3n) is 3.24. The molecule has 3 rings (SSSR count). The first-order valence-corrected chi connectivity index (χ1v) is 6.90. The molecule has 5 nitrogen and oxygen atoms in total. The average molecular weight is 275 g/mol. The van der Waals surface area contributed by atoms with E-state index in [-0.39, 0.29) is 11.7 Å². The Morgan fingerprint density at radius 1 is 1.21 bits per heavy atom. The second kappa shape index (κ2) is 4.97. The predicted octanol–water partition coefficient (Wildman–Crippen LogP) is 2.15. The van der Waals surface area contributed by atoms with E-state index in [2.05, 4.69) is 8.75 Å². The molecule has 6 heteroatoms. The highest BCUT2D eigenvalue weighted by Crippen LogP contribution is 2.30. The molecule has 1 aliphatic rings. The number of carbonyl (C=O) groups excluding carboxylic acids is 1. The Balaban J connectivity index is 1.99. The number of hydrogen-bond donors (Lipinski definition) is 1. The number of nitrogens with zero attached hydrogens (tertiary/aromatic N) is 3. The Hall–Kier alpha value is -1.95. The van der Waals surface area contributed by atoms with Gasteiger partial charge in [0.05, 0.1) is 11.7 Å². The maximum atomic E-state index is 12.4. The van der Waals surface area contributed by atoms with Crippen LogP contribution in [0.4, 0.5) is 0 Å². The fourth-order valence-electron chi connectivity index (χ4n) is 2.25. The number of rotatable bonds is 2. The molecule has 0 bridgehead atoms. The highest BCUT2D eigenvalue weighted by atomic mass is 32.1. The molecule has 1 N–H and O–H groups in total. The van der Waals surface area contributed by atoms with Crippen LogP contribution >= 0.6 is 11.7 Å².